The fraction of sp³-hybridized carbons (Fsp3) is 0.738. The van der Waals surface area contributed by atoms with Crippen molar-refractivity contribution in [2.75, 3.05) is 55.7 Å². The number of ether oxygens (including phenoxy) is 10. The second-order valence-corrected chi connectivity index (χ2v) is 40.3. The second-order valence-electron chi connectivity index (χ2n) is 40.3. The predicted octanol–water partition coefficient (Wildman–Crippen LogP) is 9.61. The van der Waals surface area contributed by atoms with Gasteiger partial charge < -0.3 is 92.9 Å². The summed E-state index contributed by atoms with van der Waals surface area (Å²) in [6.07, 6.45) is 5.80. The number of cyclic esters (lactones) is 1. The van der Waals surface area contributed by atoms with Crippen molar-refractivity contribution in [3.8, 4) is 5.69 Å². The number of benzene rings is 1. The number of fused-ring (bicyclic) bond motifs is 18. The number of ketones is 5. The van der Waals surface area contributed by atoms with Crippen molar-refractivity contribution in [2.24, 2.45) is 65.1 Å². The number of hydrogen-bond donors (Lipinski definition) is 7. The first-order chi connectivity index (χ1) is 63.9. The van der Waals surface area contributed by atoms with Gasteiger partial charge in [0.15, 0.2) is 5.78 Å². The molecule has 4 saturated heterocycles. The average molecular weight is 1910 g/mol. The van der Waals surface area contributed by atoms with Crippen molar-refractivity contribution in [3.05, 3.63) is 110 Å². The summed E-state index contributed by atoms with van der Waals surface area (Å²) < 4.78 is 63.3. The van der Waals surface area contributed by atoms with Gasteiger partial charge in [-0.25, -0.2) is 33.1 Å². The Morgan fingerprint density at radius 1 is 0.544 bits per heavy atom. The molecule has 33 nitrogen and oxygen atoms in total. The zero-order chi connectivity index (χ0) is 99.3. The molecule has 762 valence electrons. The summed E-state index contributed by atoms with van der Waals surface area (Å²) in [4.78, 5) is 160. The number of aliphatic hydroxyl groups excluding tert-OH is 5. The number of para-hydroxylation sites is 1. The highest BCUT2D eigenvalue weighted by atomic mass is 16.7. The number of allylic oxidation sites excluding steroid dienone is 6. The lowest BCUT2D eigenvalue weighted by molar-refractivity contribution is -0.302. The molecule has 1 aromatic carbocycles. The molecule has 2 saturated carbocycles. The Bertz CT molecular complexity index is 4710. The van der Waals surface area contributed by atoms with Gasteiger partial charge >= 0.3 is 23.3 Å². The highest BCUT2D eigenvalue weighted by molar-refractivity contribution is 6.39. The maximum Gasteiger partial charge on any atom is 0.352 e. The summed E-state index contributed by atoms with van der Waals surface area (Å²) in [5.41, 5.74) is 1.32. The number of hydrogen-bond acceptors (Lipinski definition) is 28. The van der Waals surface area contributed by atoms with Crippen LogP contribution >= 0.6 is 0 Å². The van der Waals surface area contributed by atoms with Crippen LogP contribution in [0.2, 0.25) is 0 Å². The molecule has 2 amide bonds. The van der Waals surface area contributed by atoms with Gasteiger partial charge in [-0.15, -0.1) is 0 Å². The minimum Gasteiger partial charge on any atom is -0.460 e. The average Bonchev–Trinajstić information content (AvgIpc) is 1.58. The van der Waals surface area contributed by atoms with Crippen LogP contribution in [-0.2, 0) is 90.5 Å². The topological polar surface area (TPSA) is 443 Å². The molecular weight excluding hydrogens is 1760 g/mol. The molecule has 0 radical (unpaired) electrons. The molecule has 9 heterocycles. The van der Waals surface area contributed by atoms with Crippen LogP contribution in [0.4, 0.5) is 0 Å². The van der Waals surface area contributed by atoms with Crippen molar-refractivity contribution in [1.82, 2.24) is 23.7 Å². The highest BCUT2D eigenvalue weighted by Gasteiger charge is 2.58. The SMILES string of the molecule is C.CC[C@@H]1/C=C(\C)[C@@H](O)[C@H](C)C[C@H](OC)[C@H]2O[C@@](O)(C(=O)C(=O)N3CCCC[C@H]3C(=O)O[C@H](/C(C)=C/[C@@H]3CC[C@@H](O)[C@H](OC)C3)[C@H](C)[C@@H](O)CC1=O)[C@H](C)C[C@@H]2OC.CO[C@H]1C[C@@H]2CC[C@@H](C)[C@@](O)(O2)C(=O)C(=O)N2CCCC[C@H]2C(=O)O[C@H]([C@H](C)C[C@@H]2CC[C@@H](O)[C@H](OC)C2)CC(=O)[C@H](C)/C=C(\C)[C@@H](O)[C@@H](OC)C(=O)[C@H](C)C[C@H](C)C2C=CC(/C=C/1C)n1c(=O)n(-c3ccccc3)c(=O)n12. The van der Waals surface area contributed by atoms with Crippen molar-refractivity contribution in [1.29, 1.82) is 0 Å². The summed E-state index contributed by atoms with van der Waals surface area (Å²) in [6, 6.07) is 4.73. The van der Waals surface area contributed by atoms with Gasteiger partial charge in [-0.3, -0.25) is 33.6 Å². The van der Waals surface area contributed by atoms with E-state index < -0.39 is 215 Å². The lowest BCUT2D eigenvalue weighted by Crippen LogP contribution is -2.64. The zero-order valence-electron chi connectivity index (χ0n) is 82.6. The molecule has 136 heavy (non-hydrogen) atoms. The molecule has 10 aliphatic rings. The van der Waals surface area contributed by atoms with Crippen LogP contribution in [0.5, 0.6) is 0 Å². The zero-order valence-corrected chi connectivity index (χ0v) is 82.6. The number of carbonyl (C=O) groups is 9. The molecule has 8 aliphatic heterocycles. The minimum atomic E-state index is -2.57. The third kappa shape index (κ3) is 25.6. The van der Waals surface area contributed by atoms with E-state index in [0.717, 1.165) is 14.4 Å². The summed E-state index contributed by atoms with van der Waals surface area (Å²) >= 11 is 0. The summed E-state index contributed by atoms with van der Waals surface area (Å²) in [5, 5.41) is 80.1. The fourth-order valence-corrected chi connectivity index (χ4v) is 22.0. The van der Waals surface area contributed by atoms with Crippen LogP contribution in [0.15, 0.2) is 98.7 Å². The molecule has 1 aromatic heterocycles. The highest BCUT2D eigenvalue weighted by Crippen LogP contribution is 2.44. The summed E-state index contributed by atoms with van der Waals surface area (Å²) in [5.74, 6) is -18.0. The molecule has 7 N–H and O–H groups in total. The first-order valence-corrected chi connectivity index (χ1v) is 49.0. The number of methoxy groups -OCH3 is 6. The van der Waals surface area contributed by atoms with Gasteiger partial charge in [-0.05, 0) is 214 Å². The van der Waals surface area contributed by atoms with Crippen LogP contribution in [0.1, 0.15) is 251 Å². The van der Waals surface area contributed by atoms with Gasteiger partial charge in [0.25, 0.3) is 23.4 Å². The number of aromatic nitrogens is 3. The van der Waals surface area contributed by atoms with E-state index in [1.54, 1.807) is 112 Å². The molecular formula is C103H157N5O28. The third-order valence-corrected chi connectivity index (χ3v) is 30.7. The van der Waals surface area contributed by atoms with E-state index in [0.29, 0.717) is 118 Å². The number of aliphatic hydroxyl groups is 7. The Morgan fingerprint density at radius 2 is 1.11 bits per heavy atom. The van der Waals surface area contributed by atoms with E-state index in [4.69, 9.17) is 47.4 Å². The minimum absolute atomic E-state index is 0. The largest absolute Gasteiger partial charge is 0.460 e. The Balaban J connectivity index is 0.000000318. The van der Waals surface area contributed by atoms with E-state index in [-0.39, 0.29) is 113 Å². The van der Waals surface area contributed by atoms with Crippen LogP contribution in [-0.4, -0.2) is 283 Å². The number of amides is 2. The van der Waals surface area contributed by atoms with Crippen molar-refractivity contribution >= 4 is 52.7 Å². The van der Waals surface area contributed by atoms with Crippen LogP contribution < -0.4 is 11.4 Å². The lowest BCUT2D eigenvalue weighted by Gasteiger charge is -2.47. The second kappa shape index (κ2) is 49.6. The van der Waals surface area contributed by atoms with Gasteiger partial charge in [-0.2, -0.15) is 0 Å². The van der Waals surface area contributed by atoms with Gasteiger partial charge in [0.05, 0.1) is 78.8 Å². The number of piperidine rings is 2. The Kier molecular flexibility index (Phi) is 40.8. The molecule has 6 bridgehead atoms. The quantitative estimate of drug-likeness (QED) is 0.0557. The van der Waals surface area contributed by atoms with E-state index in [9.17, 15) is 88.5 Å². The first kappa shape index (κ1) is 112. The van der Waals surface area contributed by atoms with Crippen molar-refractivity contribution in [3.63, 3.8) is 0 Å². The molecule has 6 fully saturated rings. The molecule has 12 rings (SSSR count). The predicted molar refractivity (Wildman–Crippen MR) is 505 cm³/mol. The number of nitrogens with zero attached hydrogens (tertiary/aromatic N) is 5. The molecule has 0 spiro atoms. The van der Waals surface area contributed by atoms with Gasteiger partial charge in [0, 0.05) is 111 Å². The summed E-state index contributed by atoms with van der Waals surface area (Å²) in [6.45, 7) is 22.8. The lowest BCUT2D eigenvalue weighted by atomic mass is 9.78. The Morgan fingerprint density at radius 3 is 1.70 bits per heavy atom. The normalized spacial score (nSPS) is 39.1. The van der Waals surface area contributed by atoms with E-state index in [1.807, 2.05) is 58.9 Å². The molecule has 2 aliphatic carbocycles. The fourth-order valence-electron chi connectivity index (χ4n) is 22.0. The monoisotopic (exact) mass is 1910 g/mol. The number of esters is 2. The van der Waals surface area contributed by atoms with E-state index in [1.165, 1.54) is 37.8 Å². The molecule has 32 atom stereocenters. The van der Waals surface area contributed by atoms with Crippen LogP contribution in [0.25, 0.3) is 5.69 Å². The standard InChI is InChI=1S/C59H84N4O15.C43H69NO13.CH4/c1-33-26-37(5)51(66)53(76-10)52(67)38(6)27-34(2)47(65)32-49(35(3)28-40-20-24-46(64)50(30-40)75-9)77-56(70)45-18-14-15-25-60(45)55(69)54(68)59(73)39(7)19-22-43(78-59)31-48(74-8)36(4)29-42-21-23-44(33)63-58(72)61(57(71)62(42)63)41-16-12-11-13-17-41;1-10-29-18-23(2)37(48)24(3)19-35(54-8)39-36(55-9)20-26(5)43(52,57-39)40(49)41(50)44-16-12-11-13-30(44)42(51)56-38(27(6)32(46)22-33(29)47)25(4)17-28-14-15-31(45)34(21-28)53-7;/h11-13,16-17,21,23,27,29,33-35,37,39-40,42-46,48-50,52-53,64,67,73H,14-15,18-20,22,24-26,28,30-32H2,1-10H3;17-18,24,26-32,34-39,45-46,48,52H,10-16,19-22H2,1-9H3;1H4/b36-29+,38-27+;23-18+,25-17+;/t33-,34+,35+,37+,39+,40-,42?,43-,44?,45-,46+,48-,49-,50+,52+,53-,59+;24-,26-,27-,28+,29-,30+,31-,32+,34-,35+,36+,37-,38-,39-,43-;/m01./s1. The maximum absolute atomic E-state index is 14.6. The van der Waals surface area contributed by atoms with Gasteiger partial charge in [0.1, 0.15) is 54.2 Å². The number of carbonyl (C=O) groups excluding carboxylic acids is 9. The third-order valence-electron chi connectivity index (χ3n) is 30.7. The maximum atomic E-state index is 14.6. The molecule has 2 unspecified atom stereocenters. The number of Topliss-reactive ketones (excluding diaryl/α,β-unsaturated/α-hetero) is 5. The van der Waals surface area contributed by atoms with E-state index in [2.05, 4.69) is 0 Å². The van der Waals surface area contributed by atoms with Crippen molar-refractivity contribution < 1.29 is 126 Å². The Hall–Kier alpha value is -7.71. The van der Waals surface area contributed by atoms with Crippen LogP contribution in [0.3, 0.4) is 0 Å². The van der Waals surface area contributed by atoms with Crippen molar-refractivity contribution in [2.45, 2.75) is 366 Å². The number of rotatable bonds is 13. The Labute approximate surface area is 801 Å². The first-order valence-electron chi connectivity index (χ1n) is 49.0. The smallest absolute Gasteiger partial charge is 0.352 e. The van der Waals surface area contributed by atoms with Crippen LogP contribution in [0, 0.1) is 65.1 Å². The van der Waals surface area contributed by atoms with E-state index >= 15 is 0 Å². The molecule has 33 heteroatoms. The van der Waals surface area contributed by atoms with Gasteiger partial charge in [0.2, 0.25) is 11.6 Å². The molecule has 2 aromatic rings. The summed E-state index contributed by atoms with van der Waals surface area (Å²) in [7, 11) is 8.87. The van der Waals surface area contributed by atoms with Gasteiger partial charge in [-0.1, -0.05) is 124 Å².